The van der Waals surface area contributed by atoms with Gasteiger partial charge in [0.1, 0.15) is 5.75 Å². The van der Waals surface area contributed by atoms with Crippen molar-refractivity contribution in [3.8, 4) is 5.75 Å². The predicted octanol–water partition coefficient (Wildman–Crippen LogP) is 4.98. The molecule has 21 heavy (non-hydrogen) atoms. The quantitative estimate of drug-likeness (QED) is 0.847. The predicted molar refractivity (Wildman–Crippen MR) is 87.1 cm³/mol. The van der Waals surface area contributed by atoms with Crippen molar-refractivity contribution in [2.24, 2.45) is 23.7 Å². The number of halogens is 1. The van der Waals surface area contributed by atoms with Crippen molar-refractivity contribution in [1.82, 2.24) is 0 Å². The molecule has 5 rings (SSSR count). The maximum atomic E-state index is 6.19. The molecule has 0 aromatic heterocycles. The minimum absolute atomic E-state index is 0.621. The Balaban J connectivity index is 1.57. The Labute approximate surface area is 132 Å². The smallest absolute Gasteiger partial charge is 0.142 e. The minimum Gasteiger partial charge on any atom is -0.492 e. The molecule has 0 unspecified atom stereocenters. The fraction of sp³-hybridized carbons (Fsp3) is 0.667. The molecule has 4 aliphatic carbocycles. The summed E-state index contributed by atoms with van der Waals surface area (Å²) in [5.41, 5.74) is 1.09. The lowest BCUT2D eigenvalue weighted by molar-refractivity contribution is 0.00747. The van der Waals surface area contributed by atoms with Crippen molar-refractivity contribution < 1.29 is 4.74 Å². The number of nitrogens with one attached hydrogen (secondary N) is 1. The minimum atomic E-state index is 0.621. The van der Waals surface area contributed by atoms with Gasteiger partial charge in [-0.2, -0.15) is 0 Å². The lowest BCUT2D eigenvalue weighted by Gasteiger charge is -2.54. The van der Waals surface area contributed by atoms with E-state index < -0.39 is 0 Å². The normalized spacial score (nSPS) is 36.8. The van der Waals surface area contributed by atoms with E-state index in [0.717, 1.165) is 40.1 Å². The van der Waals surface area contributed by atoms with E-state index in [0.29, 0.717) is 12.6 Å². The van der Waals surface area contributed by atoms with Crippen LogP contribution in [0.1, 0.15) is 39.0 Å². The molecule has 0 amide bonds. The van der Waals surface area contributed by atoms with Gasteiger partial charge in [0, 0.05) is 11.1 Å². The second kappa shape index (κ2) is 5.39. The first-order chi connectivity index (χ1) is 10.2. The van der Waals surface area contributed by atoms with Gasteiger partial charge in [0.05, 0.1) is 12.3 Å². The summed E-state index contributed by atoms with van der Waals surface area (Å²) in [6.45, 7) is 2.72. The molecule has 0 aliphatic heterocycles. The number of anilines is 1. The third-order valence-electron chi connectivity index (χ3n) is 5.79. The SMILES string of the molecule is CCOc1ccc(Cl)cc1NC1C2CC3CC(C2)CC1C3. The Morgan fingerprint density at radius 3 is 2.38 bits per heavy atom. The average molecular weight is 306 g/mol. The number of hydrogen-bond donors (Lipinski definition) is 1. The number of benzene rings is 1. The summed E-state index contributed by atoms with van der Waals surface area (Å²) in [5, 5.41) is 4.59. The van der Waals surface area contributed by atoms with Gasteiger partial charge in [0.15, 0.2) is 0 Å². The van der Waals surface area contributed by atoms with Crippen molar-refractivity contribution >= 4 is 17.3 Å². The second-order valence-electron chi connectivity index (χ2n) is 7.17. The third kappa shape index (κ3) is 2.52. The highest BCUT2D eigenvalue weighted by molar-refractivity contribution is 6.30. The number of hydrogen-bond acceptors (Lipinski definition) is 2. The van der Waals surface area contributed by atoms with Crippen LogP contribution in [0.15, 0.2) is 18.2 Å². The molecule has 4 bridgehead atoms. The van der Waals surface area contributed by atoms with Gasteiger partial charge in [-0.3, -0.25) is 0 Å². The van der Waals surface area contributed by atoms with Crippen molar-refractivity contribution in [3.63, 3.8) is 0 Å². The van der Waals surface area contributed by atoms with E-state index in [1.165, 1.54) is 32.1 Å². The van der Waals surface area contributed by atoms with E-state index in [4.69, 9.17) is 16.3 Å². The first-order valence-corrected chi connectivity index (χ1v) is 8.79. The Morgan fingerprint density at radius 2 is 1.76 bits per heavy atom. The highest BCUT2D eigenvalue weighted by Gasteiger charge is 2.48. The topological polar surface area (TPSA) is 21.3 Å². The summed E-state index contributed by atoms with van der Waals surface area (Å²) in [5.74, 6) is 4.67. The molecular weight excluding hydrogens is 282 g/mol. The van der Waals surface area contributed by atoms with Gasteiger partial charge in [-0.1, -0.05) is 11.6 Å². The molecule has 1 N–H and O–H groups in total. The largest absolute Gasteiger partial charge is 0.492 e. The van der Waals surface area contributed by atoms with Crippen LogP contribution in [0.2, 0.25) is 5.02 Å². The molecule has 0 saturated heterocycles. The molecule has 4 fully saturated rings. The zero-order valence-corrected chi connectivity index (χ0v) is 13.4. The van der Waals surface area contributed by atoms with Gasteiger partial charge < -0.3 is 10.1 Å². The molecule has 0 heterocycles. The molecule has 4 saturated carbocycles. The van der Waals surface area contributed by atoms with Crippen molar-refractivity contribution in [2.45, 2.75) is 45.1 Å². The maximum absolute atomic E-state index is 6.19. The highest BCUT2D eigenvalue weighted by Crippen LogP contribution is 2.54. The van der Waals surface area contributed by atoms with Crippen LogP contribution in [0, 0.1) is 23.7 Å². The van der Waals surface area contributed by atoms with E-state index in [2.05, 4.69) is 5.32 Å². The lowest BCUT2D eigenvalue weighted by atomic mass is 9.54. The van der Waals surface area contributed by atoms with Crippen molar-refractivity contribution in [3.05, 3.63) is 23.2 Å². The maximum Gasteiger partial charge on any atom is 0.142 e. The van der Waals surface area contributed by atoms with Crippen LogP contribution < -0.4 is 10.1 Å². The fourth-order valence-corrected chi connectivity index (χ4v) is 5.41. The Kier molecular flexibility index (Phi) is 3.53. The molecule has 0 radical (unpaired) electrons. The average Bonchev–Trinajstić information content (AvgIpc) is 2.45. The summed E-state index contributed by atoms with van der Waals surface area (Å²) in [4.78, 5) is 0. The summed E-state index contributed by atoms with van der Waals surface area (Å²) < 4.78 is 5.76. The molecule has 2 nitrogen and oxygen atoms in total. The summed E-state index contributed by atoms with van der Waals surface area (Å²) in [7, 11) is 0. The monoisotopic (exact) mass is 305 g/mol. The number of rotatable bonds is 4. The molecule has 0 atom stereocenters. The van der Waals surface area contributed by atoms with Crippen molar-refractivity contribution in [2.75, 3.05) is 11.9 Å². The molecule has 114 valence electrons. The standard InChI is InChI=1S/C18H24ClNO/c1-2-21-17-4-3-15(19)10-16(17)20-18-13-6-11-5-12(8-13)9-14(18)7-11/h3-4,10-14,18,20H,2,5-9H2,1H3. The second-order valence-corrected chi connectivity index (χ2v) is 7.61. The van der Waals surface area contributed by atoms with E-state index >= 15 is 0 Å². The number of ether oxygens (including phenoxy) is 1. The van der Waals surface area contributed by atoms with Crippen molar-refractivity contribution in [1.29, 1.82) is 0 Å². The van der Waals surface area contributed by atoms with E-state index in [9.17, 15) is 0 Å². The van der Waals surface area contributed by atoms with Crippen LogP contribution in [0.5, 0.6) is 5.75 Å². The molecule has 1 aromatic rings. The van der Waals surface area contributed by atoms with Crippen LogP contribution in [-0.4, -0.2) is 12.6 Å². The summed E-state index contributed by atoms with van der Waals surface area (Å²) in [6.07, 6.45) is 7.20. The highest BCUT2D eigenvalue weighted by atomic mass is 35.5. The summed E-state index contributed by atoms with van der Waals surface area (Å²) >= 11 is 6.19. The van der Waals surface area contributed by atoms with Gasteiger partial charge in [-0.05, 0) is 80.9 Å². The van der Waals surface area contributed by atoms with Crippen LogP contribution in [0.3, 0.4) is 0 Å². The van der Waals surface area contributed by atoms with Gasteiger partial charge in [-0.15, -0.1) is 0 Å². The van der Waals surface area contributed by atoms with Gasteiger partial charge in [0.2, 0.25) is 0 Å². The van der Waals surface area contributed by atoms with Crippen LogP contribution in [0.4, 0.5) is 5.69 Å². The first kappa shape index (κ1) is 13.8. The zero-order chi connectivity index (χ0) is 14.4. The molecular formula is C18H24ClNO. The van der Waals surface area contributed by atoms with Gasteiger partial charge >= 0.3 is 0 Å². The van der Waals surface area contributed by atoms with E-state index in [-0.39, 0.29) is 0 Å². The summed E-state index contributed by atoms with van der Waals surface area (Å²) in [6, 6.07) is 6.55. The fourth-order valence-electron chi connectivity index (χ4n) is 5.24. The zero-order valence-electron chi connectivity index (χ0n) is 12.6. The van der Waals surface area contributed by atoms with Crippen LogP contribution in [0.25, 0.3) is 0 Å². The molecule has 4 aliphatic rings. The molecule has 0 spiro atoms. The van der Waals surface area contributed by atoms with Crippen LogP contribution >= 0.6 is 11.6 Å². The lowest BCUT2D eigenvalue weighted by Crippen LogP contribution is -2.51. The van der Waals surface area contributed by atoms with Gasteiger partial charge in [-0.25, -0.2) is 0 Å². The molecule has 3 heteroatoms. The van der Waals surface area contributed by atoms with E-state index in [1.807, 2.05) is 25.1 Å². The first-order valence-electron chi connectivity index (χ1n) is 8.41. The molecule has 1 aromatic carbocycles. The Morgan fingerprint density at radius 1 is 1.10 bits per heavy atom. The Bertz CT molecular complexity index is 502. The third-order valence-corrected chi connectivity index (χ3v) is 6.03. The van der Waals surface area contributed by atoms with Crippen LogP contribution in [-0.2, 0) is 0 Å². The Hall–Kier alpha value is -0.890. The van der Waals surface area contributed by atoms with E-state index in [1.54, 1.807) is 0 Å². The van der Waals surface area contributed by atoms with Gasteiger partial charge in [0.25, 0.3) is 0 Å².